The summed E-state index contributed by atoms with van der Waals surface area (Å²) < 4.78 is 11.1. The molecule has 0 unspecified atom stereocenters. The number of carbonyl (C=O) groups is 1. The second-order valence-corrected chi connectivity index (χ2v) is 5.79. The SMILES string of the molecule is O=C(COC1CCCCC1)NCCCOCC1CC1. The zero-order valence-corrected chi connectivity index (χ0v) is 11.9. The van der Waals surface area contributed by atoms with Gasteiger partial charge in [0.05, 0.1) is 6.10 Å². The first-order valence-electron chi connectivity index (χ1n) is 7.80. The molecule has 0 aromatic heterocycles. The van der Waals surface area contributed by atoms with Crippen LogP contribution in [0.25, 0.3) is 0 Å². The standard InChI is InChI=1S/C15H27NO3/c17-15(12-19-14-5-2-1-3-6-14)16-9-4-10-18-11-13-7-8-13/h13-14H,1-12H2,(H,16,17). The Bertz CT molecular complexity index is 260. The summed E-state index contributed by atoms with van der Waals surface area (Å²) in [6.07, 6.45) is 9.88. The first-order valence-corrected chi connectivity index (χ1v) is 7.80. The lowest BCUT2D eigenvalue weighted by atomic mass is 9.98. The van der Waals surface area contributed by atoms with Crippen LogP contribution in [0.3, 0.4) is 0 Å². The summed E-state index contributed by atoms with van der Waals surface area (Å²) in [5, 5.41) is 2.88. The highest BCUT2D eigenvalue weighted by Crippen LogP contribution is 2.28. The second-order valence-electron chi connectivity index (χ2n) is 5.79. The van der Waals surface area contributed by atoms with E-state index < -0.39 is 0 Å². The fourth-order valence-electron chi connectivity index (χ4n) is 2.41. The van der Waals surface area contributed by atoms with Gasteiger partial charge in [-0.3, -0.25) is 4.79 Å². The molecular formula is C15H27NO3. The minimum atomic E-state index is 0.00719. The number of hydrogen-bond acceptors (Lipinski definition) is 3. The van der Waals surface area contributed by atoms with Gasteiger partial charge in [-0.2, -0.15) is 0 Å². The van der Waals surface area contributed by atoms with Crippen LogP contribution in [0, 0.1) is 5.92 Å². The Kier molecular flexibility index (Phi) is 6.65. The lowest BCUT2D eigenvalue weighted by Crippen LogP contribution is -2.31. The van der Waals surface area contributed by atoms with Crippen LogP contribution in [0.2, 0.25) is 0 Å². The summed E-state index contributed by atoms with van der Waals surface area (Å²) in [5.41, 5.74) is 0. The molecule has 110 valence electrons. The molecule has 2 saturated carbocycles. The van der Waals surface area contributed by atoms with E-state index in [1.807, 2.05) is 0 Å². The van der Waals surface area contributed by atoms with Gasteiger partial charge in [0.25, 0.3) is 0 Å². The number of rotatable bonds is 9. The van der Waals surface area contributed by atoms with E-state index in [4.69, 9.17) is 9.47 Å². The lowest BCUT2D eigenvalue weighted by molar-refractivity contribution is -0.128. The van der Waals surface area contributed by atoms with Crippen LogP contribution in [0.15, 0.2) is 0 Å². The van der Waals surface area contributed by atoms with Gasteiger partial charge in [0.1, 0.15) is 6.61 Å². The summed E-state index contributed by atoms with van der Waals surface area (Å²) in [4.78, 5) is 11.6. The van der Waals surface area contributed by atoms with Crippen molar-refractivity contribution in [3.63, 3.8) is 0 Å². The monoisotopic (exact) mass is 269 g/mol. The van der Waals surface area contributed by atoms with Crippen LogP contribution in [0.4, 0.5) is 0 Å². The zero-order valence-electron chi connectivity index (χ0n) is 11.9. The molecule has 0 aromatic rings. The van der Waals surface area contributed by atoms with E-state index in [0.29, 0.717) is 12.6 Å². The van der Waals surface area contributed by atoms with Gasteiger partial charge >= 0.3 is 0 Å². The molecule has 0 radical (unpaired) electrons. The second kappa shape index (κ2) is 8.54. The molecule has 0 spiro atoms. The van der Waals surface area contributed by atoms with Gasteiger partial charge in [0.2, 0.25) is 5.91 Å². The van der Waals surface area contributed by atoms with Crippen LogP contribution in [0.5, 0.6) is 0 Å². The lowest BCUT2D eigenvalue weighted by Gasteiger charge is -2.21. The fraction of sp³-hybridized carbons (Fsp3) is 0.933. The minimum Gasteiger partial charge on any atom is -0.381 e. The molecule has 0 atom stereocenters. The maximum absolute atomic E-state index is 11.6. The Hall–Kier alpha value is -0.610. The Morgan fingerprint density at radius 2 is 1.89 bits per heavy atom. The van der Waals surface area contributed by atoms with Crippen molar-refractivity contribution >= 4 is 5.91 Å². The van der Waals surface area contributed by atoms with Gasteiger partial charge in [0, 0.05) is 19.8 Å². The van der Waals surface area contributed by atoms with E-state index in [-0.39, 0.29) is 12.5 Å². The molecule has 4 heteroatoms. The maximum atomic E-state index is 11.6. The van der Waals surface area contributed by atoms with E-state index in [0.717, 1.165) is 38.4 Å². The Labute approximate surface area is 116 Å². The van der Waals surface area contributed by atoms with Crippen LogP contribution in [0.1, 0.15) is 51.4 Å². The van der Waals surface area contributed by atoms with Crippen molar-refractivity contribution in [2.45, 2.75) is 57.5 Å². The van der Waals surface area contributed by atoms with Gasteiger partial charge in [0.15, 0.2) is 0 Å². The molecular weight excluding hydrogens is 242 g/mol. The fourth-order valence-corrected chi connectivity index (χ4v) is 2.41. The average molecular weight is 269 g/mol. The first-order chi connectivity index (χ1) is 9.34. The van der Waals surface area contributed by atoms with Crippen LogP contribution in [-0.2, 0) is 14.3 Å². The zero-order chi connectivity index (χ0) is 13.3. The van der Waals surface area contributed by atoms with Crippen molar-refractivity contribution in [2.75, 3.05) is 26.4 Å². The molecule has 2 rings (SSSR count). The van der Waals surface area contributed by atoms with Gasteiger partial charge in [-0.25, -0.2) is 0 Å². The molecule has 0 heterocycles. The number of hydrogen-bond donors (Lipinski definition) is 1. The molecule has 2 fully saturated rings. The molecule has 2 aliphatic rings. The third-order valence-corrected chi connectivity index (χ3v) is 3.84. The number of nitrogens with one attached hydrogen (secondary N) is 1. The minimum absolute atomic E-state index is 0.00719. The predicted molar refractivity (Wildman–Crippen MR) is 74.0 cm³/mol. The van der Waals surface area contributed by atoms with Gasteiger partial charge in [-0.1, -0.05) is 19.3 Å². The first kappa shape index (κ1) is 14.8. The van der Waals surface area contributed by atoms with E-state index >= 15 is 0 Å². The molecule has 1 amide bonds. The van der Waals surface area contributed by atoms with E-state index in [1.165, 1.54) is 32.1 Å². The van der Waals surface area contributed by atoms with Crippen LogP contribution in [-0.4, -0.2) is 38.4 Å². The third-order valence-electron chi connectivity index (χ3n) is 3.84. The van der Waals surface area contributed by atoms with E-state index in [9.17, 15) is 4.79 Å². The summed E-state index contributed by atoms with van der Waals surface area (Å²) >= 11 is 0. The van der Waals surface area contributed by atoms with Crippen molar-refractivity contribution in [2.24, 2.45) is 5.92 Å². The number of ether oxygens (including phenoxy) is 2. The van der Waals surface area contributed by atoms with Crippen LogP contribution >= 0.6 is 0 Å². The Morgan fingerprint density at radius 1 is 1.11 bits per heavy atom. The topological polar surface area (TPSA) is 47.6 Å². The summed E-state index contributed by atoms with van der Waals surface area (Å²) in [5.74, 6) is 0.825. The van der Waals surface area contributed by atoms with Gasteiger partial charge in [-0.05, 0) is 38.0 Å². The molecule has 2 aliphatic carbocycles. The molecule has 1 N–H and O–H groups in total. The van der Waals surface area contributed by atoms with Gasteiger partial charge in [-0.15, -0.1) is 0 Å². The predicted octanol–water partition coefficient (Wildman–Crippen LogP) is 2.27. The highest BCUT2D eigenvalue weighted by Gasteiger charge is 2.20. The van der Waals surface area contributed by atoms with E-state index in [1.54, 1.807) is 0 Å². The Balaban J connectivity index is 1.38. The van der Waals surface area contributed by atoms with Crippen molar-refractivity contribution in [3.05, 3.63) is 0 Å². The van der Waals surface area contributed by atoms with Crippen LogP contribution < -0.4 is 5.32 Å². The summed E-state index contributed by atoms with van der Waals surface area (Å²) in [7, 11) is 0. The quantitative estimate of drug-likeness (QED) is 0.653. The maximum Gasteiger partial charge on any atom is 0.246 e. The largest absolute Gasteiger partial charge is 0.381 e. The smallest absolute Gasteiger partial charge is 0.246 e. The van der Waals surface area contributed by atoms with Crippen molar-refractivity contribution in [1.82, 2.24) is 5.32 Å². The van der Waals surface area contributed by atoms with E-state index in [2.05, 4.69) is 5.32 Å². The molecule has 19 heavy (non-hydrogen) atoms. The third kappa shape index (κ3) is 6.92. The summed E-state index contributed by atoms with van der Waals surface area (Å²) in [6, 6.07) is 0. The highest BCUT2D eigenvalue weighted by atomic mass is 16.5. The normalized spacial score (nSPS) is 20.4. The van der Waals surface area contributed by atoms with Crippen molar-refractivity contribution < 1.29 is 14.3 Å². The van der Waals surface area contributed by atoms with Crippen molar-refractivity contribution in [1.29, 1.82) is 0 Å². The summed E-state index contributed by atoms with van der Waals surface area (Å²) in [6.45, 7) is 2.56. The average Bonchev–Trinajstić information content (AvgIpc) is 3.26. The molecule has 0 aliphatic heterocycles. The van der Waals surface area contributed by atoms with Crippen molar-refractivity contribution in [3.8, 4) is 0 Å². The molecule has 0 saturated heterocycles. The molecule has 4 nitrogen and oxygen atoms in total. The number of amides is 1. The number of carbonyl (C=O) groups excluding carboxylic acids is 1. The molecule has 0 aromatic carbocycles. The highest BCUT2D eigenvalue weighted by molar-refractivity contribution is 5.77. The Morgan fingerprint density at radius 3 is 2.63 bits per heavy atom. The molecule has 0 bridgehead atoms. The van der Waals surface area contributed by atoms with Gasteiger partial charge < -0.3 is 14.8 Å².